The summed E-state index contributed by atoms with van der Waals surface area (Å²) in [7, 11) is 2.09. The van der Waals surface area contributed by atoms with Crippen molar-refractivity contribution >= 4 is 5.82 Å². The number of hydrogen-bond acceptors (Lipinski definition) is 7. The van der Waals surface area contributed by atoms with Crippen molar-refractivity contribution < 1.29 is 4.74 Å². The van der Waals surface area contributed by atoms with Crippen molar-refractivity contribution in [2.24, 2.45) is 7.05 Å². The fourth-order valence-electron chi connectivity index (χ4n) is 3.78. The van der Waals surface area contributed by atoms with Crippen LogP contribution in [-0.4, -0.2) is 69.3 Å². The summed E-state index contributed by atoms with van der Waals surface area (Å²) in [6, 6.07) is 4.08. The molecule has 140 valence electrons. The second-order valence-corrected chi connectivity index (χ2v) is 7.24. The van der Waals surface area contributed by atoms with Crippen LogP contribution >= 0.6 is 0 Å². The smallest absolute Gasteiger partial charge is 0.151 e. The highest BCUT2D eigenvalue weighted by atomic mass is 16.5. The van der Waals surface area contributed by atoms with Crippen LogP contribution in [0.15, 0.2) is 12.1 Å². The first kappa shape index (κ1) is 17.4. The van der Waals surface area contributed by atoms with Crippen LogP contribution in [-0.2, 0) is 18.3 Å². The average molecular weight is 357 g/mol. The third-order valence-corrected chi connectivity index (χ3v) is 5.36. The number of nitrogens with zero attached hydrogens (tertiary/aromatic N) is 7. The predicted octanol–water partition coefficient (Wildman–Crippen LogP) is 1.13. The predicted molar refractivity (Wildman–Crippen MR) is 98.1 cm³/mol. The summed E-state index contributed by atoms with van der Waals surface area (Å²) < 4.78 is 7.61. The van der Waals surface area contributed by atoms with Crippen molar-refractivity contribution in [3.63, 3.8) is 0 Å². The molecule has 2 fully saturated rings. The zero-order valence-electron chi connectivity index (χ0n) is 15.6. The number of ether oxygens (including phenoxy) is 1. The van der Waals surface area contributed by atoms with Gasteiger partial charge in [-0.25, -0.2) is 0 Å². The monoisotopic (exact) mass is 357 g/mol. The first-order valence-electron chi connectivity index (χ1n) is 9.44. The Morgan fingerprint density at radius 1 is 1.08 bits per heavy atom. The molecule has 0 aliphatic carbocycles. The van der Waals surface area contributed by atoms with Gasteiger partial charge in [-0.05, 0) is 31.9 Å². The molecular formula is C18H27N7O. The zero-order chi connectivity index (χ0) is 17.9. The molecule has 0 radical (unpaired) electrons. The molecule has 4 heterocycles. The van der Waals surface area contributed by atoms with Crippen molar-refractivity contribution in [3.05, 3.63) is 29.5 Å². The largest absolute Gasteiger partial charge is 0.379 e. The summed E-state index contributed by atoms with van der Waals surface area (Å²) >= 11 is 0. The number of piperidine rings is 1. The molecule has 26 heavy (non-hydrogen) atoms. The van der Waals surface area contributed by atoms with Gasteiger partial charge in [-0.1, -0.05) is 0 Å². The molecule has 0 saturated carbocycles. The number of hydrogen-bond donors (Lipinski definition) is 0. The molecule has 0 bridgehead atoms. The van der Waals surface area contributed by atoms with E-state index < -0.39 is 0 Å². The average Bonchev–Trinajstić information content (AvgIpc) is 3.04. The first-order chi connectivity index (χ1) is 12.7. The van der Waals surface area contributed by atoms with Crippen LogP contribution in [0, 0.1) is 6.92 Å². The van der Waals surface area contributed by atoms with Crippen LogP contribution in [0.4, 0.5) is 5.82 Å². The Morgan fingerprint density at radius 3 is 2.69 bits per heavy atom. The summed E-state index contributed by atoms with van der Waals surface area (Å²) in [5, 5.41) is 17.6. The molecule has 8 heteroatoms. The van der Waals surface area contributed by atoms with E-state index in [-0.39, 0.29) is 0 Å². The van der Waals surface area contributed by atoms with Gasteiger partial charge in [-0.3, -0.25) is 4.90 Å². The van der Waals surface area contributed by atoms with Gasteiger partial charge >= 0.3 is 0 Å². The van der Waals surface area contributed by atoms with Crippen LogP contribution in [0.1, 0.15) is 36.1 Å². The van der Waals surface area contributed by atoms with E-state index in [2.05, 4.69) is 47.9 Å². The fourth-order valence-corrected chi connectivity index (χ4v) is 3.78. The summed E-state index contributed by atoms with van der Waals surface area (Å²) in [5.74, 6) is 3.45. The third-order valence-electron chi connectivity index (χ3n) is 5.36. The minimum absolute atomic E-state index is 0.378. The van der Waals surface area contributed by atoms with Crippen molar-refractivity contribution in [1.82, 2.24) is 29.9 Å². The molecule has 0 amide bonds. The minimum Gasteiger partial charge on any atom is -0.379 e. The molecule has 8 nitrogen and oxygen atoms in total. The molecule has 4 rings (SSSR count). The lowest BCUT2D eigenvalue weighted by Crippen LogP contribution is -2.37. The lowest BCUT2D eigenvalue weighted by molar-refractivity contribution is 0.0326. The maximum absolute atomic E-state index is 5.43. The number of morpholine rings is 1. The van der Waals surface area contributed by atoms with E-state index in [4.69, 9.17) is 4.74 Å². The number of aryl methyl sites for hydroxylation is 1. The van der Waals surface area contributed by atoms with E-state index in [0.29, 0.717) is 5.92 Å². The van der Waals surface area contributed by atoms with Gasteiger partial charge in [-0.2, -0.15) is 5.10 Å². The molecule has 2 aromatic rings. The van der Waals surface area contributed by atoms with Gasteiger partial charge in [0.05, 0.1) is 25.5 Å². The van der Waals surface area contributed by atoms with Crippen molar-refractivity contribution in [1.29, 1.82) is 0 Å². The topological polar surface area (TPSA) is 72.2 Å². The highest BCUT2D eigenvalue weighted by molar-refractivity contribution is 5.38. The summed E-state index contributed by atoms with van der Waals surface area (Å²) in [6.45, 7) is 8.28. The number of rotatable bonds is 4. The third kappa shape index (κ3) is 3.71. The van der Waals surface area contributed by atoms with Gasteiger partial charge in [0.15, 0.2) is 5.82 Å². The summed E-state index contributed by atoms with van der Waals surface area (Å²) in [6.07, 6.45) is 2.27. The van der Waals surface area contributed by atoms with Gasteiger partial charge in [0.2, 0.25) is 0 Å². The highest BCUT2D eigenvalue weighted by Gasteiger charge is 2.27. The Bertz CT molecular complexity index is 724. The van der Waals surface area contributed by atoms with E-state index in [1.54, 1.807) is 0 Å². The van der Waals surface area contributed by atoms with Gasteiger partial charge in [-0.15, -0.1) is 15.3 Å². The van der Waals surface area contributed by atoms with E-state index in [0.717, 1.165) is 81.9 Å². The molecule has 2 aliphatic heterocycles. The van der Waals surface area contributed by atoms with Crippen LogP contribution in [0.5, 0.6) is 0 Å². The molecular weight excluding hydrogens is 330 g/mol. The Hall–Kier alpha value is -2.06. The number of anilines is 1. The molecule has 0 aromatic carbocycles. The van der Waals surface area contributed by atoms with Gasteiger partial charge in [0.25, 0.3) is 0 Å². The van der Waals surface area contributed by atoms with E-state index >= 15 is 0 Å². The van der Waals surface area contributed by atoms with E-state index in [9.17, 15) is 0 Å². The lowest BCUT2D eigenvalue weighted by atomic mass is 9.97. The summed E-state index contributed by atoms with van der Waals surface area (Å²) in [5.41, 5.74) is 0.948. The van der Waals surface area contributed by atoms with E-state index in [1.165, 1.54) is 0 Å². The highest BCUT2D eigenvalue weighted by Crippen LogP contribution is 2.28. The van der Waals surface area contributed by atoms with Crippen molar-refractivity contribution in [3.8, 4) is 0 Å². The minimum atomic E-state index is 0.378. The van der Waals surface area contributed by atoms with Gasteiger partial charge in [0.1, 0.15) is 11.6 Å². The number of aromatic nitrogens is 5. The first-order valence-corrected chi connectivity index (χ1v) is 9.44. The fraction of sp³-hybridized carbons (Fsp3) is 0.667. The molecule has 0 N–H and O–H groups in total. The Kier molecular flexibility index (Phi) is 5.12. The normalized spacial score (nSPS) is 21.9. The molecule has 2 saturated heterocycles. The second-order valence-electron chi connectivity index (χ2n) is 7.24. The standard InChI is InChI=1S/C18H27N7O/c1-14-5-6-16(20-19-14)25-7-3-4-15(12-25)18-22-21-17(23(18)2)13-24-8-10-26-11-9-24/h5-6,15H,3-4,7-13H2,1-2H3. The second kappa shape index (κ2) is 7.67. The quantitative estimate of drug-likeness (QED) is 0.812. The maximum atomic E-state index is 5.43. The Morgan fingerprint density at radius 2 is 1.92 bits per heavy atom. The van der Waals surface area contributed by atoms with Gasteiger partial charge < -0.3 is 14.2 Å². The van der Waals surface area contributed by atoms with Gasteiger partial charge in [0, 0.05) is 39.1 Å². The SMILES string of the molecule is Cc1ccc(N2CCCC(c3nnc(CN4CCOCC4)n3C)C2)nn1. The molecule has 2 aliphatic rings. The van der Waals surface area contributed by atoms with Crippen LogP contribution in [0.3, 0.4) is 0 Å². The molecule has 0 spiro atoms. The van der Waals surface area contributed by atoms with Crippen molar-refractivity contribution in [2.75, 3.05) is 44.3 Å². The Labute approximate surface area is 154 Å². The van der Waals surface area contributed by atoms with Crippen molar-refractivity contribution in [2.45, 2.75) is 32.2 Å². The molecule has 1 unspecified atom stereocenters. The maximum Gasteiger partial charge on any atom is 0.151 e. The zero-order valence-corrected chi connectivity index (χ0v) is 15.6. The van der Waals surface area contributed by atoms with Crippen LogP contribution < -0.4 is 4.90 Å². The Balaban J connectivity index is 1.45. The van der Waals surface area contributed by atoms with E-state index in [1.807, 2.05) is 13.0 Å². The molecule has 2 aromatic heterocycles. The van der Waals surface area contributed by atoms with Crippen LogP contribution in [0.2, 0.25) is 0 Å². The lowest BCUT2D eigenvalue weighted by Gasteiger charge is -2.32. The molecule has 1 atom stereocenters. The van der Waals surface area contributed by atoms with Crippen LogP contribution in [0.25, 0.3) is 0 Å². The summed E-state index contributed by atoms with van der Waals surface area (Å²) in [4.78, 5) is 4.70.